The number of para-hydroxylation sites is 1. The minimum atomic E-state index is -4.51. The van der Waals surface area contributed by atoms with Crippen LogP contribution in [0.4, 0.5) is 13.2 Å². The van der Waals surface area contributed by atoms with Crippen LogP contribution in [0.15, 0.2) is 47.4 Å². The summed E-state index contributed by atoms with van der Waals surface area (Å²) < 4.78 is 70.8. The van der Waals surface area contributed by atoms with E-state index < -0.39 is 21.8 Å². The number of hydrogen-bond acceptors (Lipinski definition) is 6. The first-order chi connectivity index (χ1) is 15.0. The molecule has 32 heavy (non-hydrogen) atoms. The van der Waals surface area contributed by atoms with E-state index in [-0.39, 0.29) is 40.7 Å². The average Bonchev–Trinajstić information content (AvgIpc) is 3.11. The number of hydrogen-bond donors (Lipinski definition) is 0. The predicted octanol–water partition coefficient (Wildman–Crippen LogP) is 3.47. The number of likely N-dealkylation sites (tertiary alicyclic amines) is 1. The molecule has 0 spiro atoms. The number of amides is 1. The maximum absolute atomic E-state index is 13.1. The van der Waals surface area contributed by atoms with Gasteiger partial charge in [-0.1, -0.05) is 17.4 Å². The molecule has 2 heterocycles. The summed E-state index contributed by atoms with van der Waals surface area (Å²) in [6.45, 7) is 0.497. The van der Waals surface area contributed by atoms with Crippen molar-refractivity contribution in [3.8, 4) is 5.19 Å². The van der Waals surface area contributed by atoms with E-state index >= 15 is 0 Å². The van der Waals surface area contributed by atoms with Crippen LogP contribution in [0.2, 0.25) is 0 Å². The number of sulfonamides is 1. The maximum Gasteiger partial charge on any atom is 0.418 e. The van der Waals surface area contributed by atoms with E-state index in [2.05, 4.69) is 4.98 Å². The highest BCUT2D eigenvalue weighted by molar-refractivity contribution is 7.89. The van der Waals surface area contributed by atoms with Crippen molar-refractivity contribution in [2.24, 2.45) is 0 Å². The smallest absolute Gasteiger partial charge is 0.418 e. The van der Waals surface area contributed by atoms with Crippen LogP contribution in [0.25, 0.3) is 10.2 Å². The lowest BCUT2D eigenvalue weighted by Gasteiger charge is -2.38. The van der Waals surface area contributed by atoms with Gasteiger partial charge in [-0.05, 0) is 36.4 Å². The van der Waals surface area contributed by atoms with Crippen LogP contribution in [0, 0.1) is 0 Å². The van der Waals surface area contributed by atoms with Crippen LogP contribution in [0.1, 0.15) is 15.9 Å². The lowest BCUT2D eigenvalue weighted by atomic mass is 10.1. The first kappa shape index (κ1) is 22.5. The maximum atomic E-state index is 13.1. The zero-order chi connectivity index (χ0) is 23.3. The summed E-state index contributed by atoms with van der Waals surface area (Å²) in [7, 11) is -0.745. The van der Waals surface area contributed by atoms with Crippen molar-refractivity contribution in [2.45, 2.75) is 17.2 Å². The van der Waals surface area contributed by atoms with Crippen molar-refractivity contribution in [3.05, 3.63) is 53.6 Å². The van der Waals surface area contributed by atoms with Gasteiger partial charge in [-0.15, -0.1) is 0 Å². The van der Waals surface area contributed by atoms with Crippen LogP contribution < -0.4 is 4.74 Å². The fraction of sp³-hybridized carbons (Fsp3) is 0.300. The molecule has 7 nitrogen and oxygen atoms in total. The number of benzene rings is 2. The van der Waals surface area contributed by atoms with E-state index in [0.29, 0.717) is 10.3 Å². The number of carbonyl (C=O) groups excluding carboxylic acids is 1. The molecular formula is C20H18F3N3O4S2. The van der Waals surface area contributed by atoms with Crippen molar-refractivity contribution < 1.29 is 31.1 Å². The third-order valence-corrected chi connectivity index (χ3v) is 7.73. The predicted molar refractivity (Wildman–Crippen MR) is 112 cm³/mol. The lowest BCUT2D eigenvalue weighted by Crippen LogP contribution is -2.56. The summed E-state index contributed by atoms with van der Waals surface area (Å²) >= 11 is 1.02. The Labute approximate surface area is 186 Å². The molecule has 0 atom stereocenters. The molecule has 1 aromatic heterocycles. The molecule has 0 N–H and O–H groups in total. The molecule has 0 saturated carbocycles. The Kier molecular flexibility index (Phi) is 5.63. The largest absolute Gasteiger partial charge is 0.463 e. The Morgan fingerprint density at radius 3 is 2.41 bits per heavy atom. The number of rotatable bonds is 5. The van der Waals surface area contributed by atoms with Crippen LogP contribution in [-0.4, -0.2) is 61.8 Å². The lowest BCUT2D eigenvalue weighted by molar-refractivity contribution is -0.136. The topological polar surface area (TPSA) is 79.8 Å². The monoisotopic (exact) mass is 485 g/mol. The van der Waals surface area contributed by atoms with Gasteiger partial charge in [0.1, 0.15) is 6.10 Å². The van der Waals surface area contributed by atoms with Crippen LogP contribution >= 0.6 is 11.3 Å². The number of aromatic nitrogens is 1. The van der Waals surface area contributed by atoms with Gasteiger partial charge in [0.05, 0.1) is 33.8 Å². The summed E-state index contributed by atoms with van der Waals surface area (Å²) in [6.07, 6.45) is -4.89. The molecule has 1 amide bonds. The number of nitrogens with zero attached hydrogens (tertiary/aromatic N) is 3. The van der Waals surface area contributed by atoms with Crippen LogP contribution in [-0.2, 0) is 16.2 Å². The number of fused-ring (bicyclic) bond motifs is 1. The minimum Gasteiger partial charge on any atom is -0.463 e. The molecule has 2 aromatic carbocycles. The summed E-state index contributed by atoms with van der Waals surface area (Å²) in [4.78, 5) is 18.2. The van der Waals surface area contributed by atoms with E-state index in [1.165, 1.54) is 49.3 Å². The highest BCUT2D eigenvalue weighted by Crippen LogP contribution is 2.38. The standard InChI is InChI=1S/C20H18F3N3O4S2/c1-25(2)32(28,29)14-8-6-12(7-9-14)18(27)26-10-13(11-26)30-19-24-17-15(20(21,22)23)4-3-5-16(17)31-19/h3-9,13H,10-11H2,1-2H3. The fourth-order valence-electron chi connectivity index (χ4n) is 3.19. The average molecular weight is 486 g/mol. The van der Waals surface area contributed by atoms with Gasteiger partial charge in [-0.2, -0.15) is 13.2 Å². The molecule has 1 aliphatic rings. The molecule has 0 radical (unpaired) electrons. The van der Waals surface area contributed by atoms with Gasteiger partial charge < -0.3 is 9.64 Å². The first-order valence-electron chi connectivity index (χ1n) is 9.42. The molecule has 170 valence electrons. The number of alkyl halides is 3. The molecule has 0 aliphatic carbocycles. The molecule has 0 unspecified atom stereocenters. The Hall–Kier alpha value is -2.70. The second kappa shape index (κ2) is 8.01. The SMILES string of the molecule is CN(C)S(=O)(=O)c1ccc(C(=O)N2CC(Oc3nc4c(C(F)(F)F)cccc4s3)C2)cc1. The number of ether oxygens (including phenoxy) is 1. The molecule has 1 aliphatic heterocycles. The minimum absolute atomic E-state index is 0.0814. The Balaban J connectivity index is 1.40. The van der Waals surface area contributed by atoms with Gasteiger partial charge in [-0.25, -0.2) is 17.7 Å². The quantitative estimate of drug-likeness (QED) is 0.553. The summed E-state index contributed by atoms with van der Waals surface area (Å²) in [6, 6.07) is 9.48. The van der Waals surface area contributed by atoms with Crippen LogP contribution in [0.5, 0.6) is 5.19 Å². The highest BCUT2D eigenvalue weighted by Gasteiger charge is 2.36. The third-order valence-electron chi connectivity index (χ3n) is 4.99. The Bertz CT molecular complexity index is 1270. The van der Waals surface area contributed by atoms with Crippen molar-refractivity contribution >= 4 is 37.5 Å². The van der Waals surface area contributed by atoms with E-state index in [0.717, 1.165) is 21.7 Å². The fourth-order valence-corrected chi connectivity index (χ4v) is 5.00. The highest BCUT2D eigenvalue weighted by atomic mass is 32.2. The third kappa shape index (κ3) is 4.17. The van der Waals surface area contributed by atoms with E-state index in [4.69, 9.17) is 4.74 Å². The molecule has 3 aromatic rings. The Morgan fingerprint density at radius 2 is 1.81 bits per heavy atom. The number of carbonyl (C=O) groups is 1. The Morgan fingerprint density at radius 1 is 1.16 bits per heavy atom. The molecule has 4 rings (SSSR count). The van der Waals surface area contributed by atoms with E-state index in [9.17, 15) is 26.4 Å². The summed E-state index contributed by atoms with van der Waals surface area (Å²) in [5.74, 6) is -0.290. The summed E-state index contributed by atoms with van der Waals surface area (Å²) in [5.41, 5.74) is -0.637. The van der Waals surface area contributed by atoms with Crippen molar-refractivity contribution in [2.75, 3.05) is 27.2 Å². The molecule has 1 saturated heterocycles. The van der Waals surface area contributed by atoms with Crippen LogP contribution in [0.3, 0.4) is 0 Å². The van der Waals surface area contributed by atoms with E-state index in [1.54, 1.807) is 6.07 Å². The normalized spacial score (nSPS) is 15.2. The zero-order valence-electron chi connectivity index (χ0n) is 17.0. The van der Waals surface area contributed by atoms with Gasteiger partial charge >= 0.3 is 6.18 Å². The van der Waals surface area contributed by atoms with Gasteiger partial charge in [-0.3, -0.25) is 4.79 Å². The number of thiazole rings is 1. The van der Waals surface area contributed by atoms with Gasteiger partial charge in [0.25, 0.3) is 11.1 Å². The van der Waals surface area contributed by atoms with Crippen molar-refractivity contribution in [3.63, 3.8) is 0 Å². The second-order valence-corrected chi connectivity index (χ2v) is 10.5. The molecular weight excluding hydrogens is 467 g/mol. The molecule has 1 fully saturated rings. The first-order valence-corrected chi connectivity index (χ1v) is 11.7. The molecule has 0 bridgehead atoms. The van der Waals surface area contributed by atoms with Gasteiger partial charge in [0, 0.05) is 19.7 Å². The number of halogens is 3. The van der Waals surface area contributed by atoms with E-state index in [1.807, 2.05) is 0 Å². The second-order valence-electron chi connectivity index (χ2n) is 7.39. The zero-order valence-corrected chi connectivity index (χ0v) is 18.6. The van der Waals surface area contributed by atoms with Gasteiger partial charge in [0.15, 0.2) is 0 Å². The van der Waals surface area contributed by atoms with Crippen molar-refractivity contribution in [1.82, 2.24) is 14.2 Å². The van der Waals surface area contributed by atoms with Crippen molar-refractivity contribution in [1.29, 1.82) is 0 Å². The molecule has 12 heteroatoms. The summed E-state index contributed by atoms with van der Waals surface area (Å²) in [5, 5.41) is 0.118. The van der Waals surface area contributed by atoms with Gasteiger partial charge in [0.2, 0.25) is 10.0 Å².